The molecule has 0 aromatic rings. The largest absolute Gasteiger partial charge is 0.481 e. The van der Waals surface area contributed by atoms with Gasteiger partial charge in [-0.15, -0.1) is 0 Å². The molecule has 1 N–H and O–H groups in total. The van der Waals surface area contributed by atoms with E-state index < -0.39 is 5.97 Å². The fourth-order valence-corrected chi connectivity index (χ4v) is 3.76. The molecule has 0 saturated heterocycles. The summed E-state index contributed by atoms with van der Waals surface area (Å²) in [6.07, 6.45) is 13.5. The lowest BCUT2D eigenvalue weighted by Gasteiger charge is -2.03. The Morgan fingerprint density at radius 2 is 1.20 bits per heavy atom. The molecule has 0 rings (SSSR count). The molecule has 0 aliphatic carbocycles. The van der Waals surface area contributed by atoms with Gasteiger partial charge in [0, 0.05) is 0 Å². The predicted molar refractivity (Wildman–Crippen MR) is 94.1 cm³/mol. The molecule has 0 aromatic heterocycles. The molecule has 0 heterocycles. The quantitative estimate of drug-likeness (QED) is 0.383. The average molecular weight is 321 g/mol. The van der Waals surface area contributed by atoms with E-state index in [2.05, 4.69) is 18.7 Å². The summed E-state index contributed by atoms with van der Waals surface area (Å²) < 4.78 is 0. The monoisotopic (exact) mass is 320 g/mol. The highest BCUT2D eigenvalue weighted by molar-refractivity contribution is 7.99. The molecular weight excluding hydrogens is 288 g/mol. The van der Waals surface area contributed by atoms with Crippen LogP contribution in [0.1, 0.15) is 71.1 Å². The van der Waals surface area contributed by atoms with Crippen molar-refractivity contribution in [1.29, 1.82) is 0 Å². The van der Waals surface area contributed by atoms with Crippen LogP contribution in [0.2, 0.25) is 0 Å². The van der Waals surface area contributed by atoms with E-state index in [1.54, 1.807) is 0 Å². The van der Waals surface area contributed by atoms with Gasteiger partial charge < -0.3 is 5.11 Å². The third-order valence-corrected chi connectivity index (χ3v) is 5.38. The first-order valence-corrected chi connectivity index (χ1v) is 10.5. The van der Waals surface area contributed by atoms with Crippen LogP contribution in [0.15, 0.2) is 0 Å². The summed E-state index contributed by atoms with van der Waals surface area (Å²) >= 11 is 3.63. The van der Waals surface area contributed by atoms with Gasteiger partial charge in [-0.1, -0.05) is 51.9 Å². The van der Waals surface area contributed by atoms with E-state index >= 15 is 0 Å². The Bertz CT molecular complexity index is 211. The molecule has 0 fully saturated rings. The van der Waals surface area contributed by atoms with Gasteiger partial charge in [0.25, 0.3) is 0 Å². The highest BCUT2D eigenvalue weighted by Crippen LogP contribution is 2.13. The first-order valence-electron chi connectivity index (χ1n) is 8.14. The molecule has 120 valence electrons. The minimum atomic E-state index is -0.694. The van der Waals surface area contributed by atoms with Crippen molar-refractivity contribution < 1.29 is 9.90 Å². The number of hydrogen-bond donors (Lipinski definition) is 1. The van der Waals surface area contributed by atoms with Crippen molar-refractivity contribution in [2.45, 2.75) is 71.1 Å². The molecule has 2 nitrogen and oxygen atoms in total. The van der Waals surface area contributed by atoms with E-state index in [0.29, 0.717) is 0 Å². The van der Waals surface area contributed by atoms with E-state index in [1.807, 2.05) is 0 Å². The zero-order chi connectivity index (χ0) is 14.9. The highest BCUT2D eigenvalue weighted by atomic mass is 32.2. The Labute approximate surface area is 133 Å². The van der Waals surface area contributed by atoms with E-state index in [9.17, 15) is 4.79 Å². The molecule has 20 heavy (non-hydrogen) atoms. The zero-order valence-electron chi connectivity index (χ0n) is 13.1. The van der Waals surface area contributed by atoms with Crippen molar-refractivity contribution in [3.63, 3.8) is 0 Å². The Hall–Kier alpha value is 0.170. The molecule has 0 saturated carbocycles. The Balaban J connectivity index is 2.94. The number of carboxylic acids is 1. The summed E-state index contributed by atoms with van der Waals surface area (Å²) in [4.78, 5) is 10.3. The Kier molecular flexibility index (Phi) is 17.4. The summed E-state index contributed by atoms with van der Waals surface area (Å²) in [5.41, 5.74) is 0. The Morgan fingerprint density at radius 1 is 0.750 bits per heavy atom. The van der Waals surface area contributed by atoms with Crippen molar-refractivity contribution in [2.24, 2.45) is 0 Å². The van der Waals surface area contributed by atoms with Gasteiger partial charge in [-0.3, -0.25) is 4.79 Å². The van der Waals surface area contributed by atoms with Crippen molar-refractivity contribution in [3.8, 4) is 0 Å². The van der Waals surface area contributed by atoms with Crippen LogP contribution in [0.4, 0.5) is 0 Å². The molecule has 0 bridgehead atoms. The van der Waals surface area contributed by atoms with Crippen LogP contribution in [-0.4, -0.2) is 34.1 Å². The normalized spacial score (nSPS) is 10.8. The van der Waals surface area contributed by atoms with Crippen molar-refractivity contribution in [2.75, 3.05) is 23.0 Å². The molecule has 0 aliphatic heterocycles. The molecule has 0 aliphatic rings. The maximum Gasteiger partial charge on any atom is 0.313 e. The van der Waals surface area contributed by atoms with Crippen molar-refractivity contribution >= 4 is 29.5 Å². The van der Waals surface area contributed by atoms with Crippen LogP contribution in [-0.2, 0) is 4.79 Å². The third-order valence-electron chi connectivity index (χ3n) is 3.20. The van der Waals surface area contributed by atoms with Gasteiger partial charge in [0.15, 0.2) is 0 Å². The average Bonchev–Trinajstić information content (AvgIpc) is 2.43. The number of carboxylic acid groups (broad SMARTS) is 1. The molecule has 0 spiro atoms. The number of aliphatic carboxylic acids is 1. The molecule has 0 atom stereocenters. The van der Waals surface area contributed by atoms with E-state index in [0.717, 1.165) is 12.2 Å². The molecule has 0 unspecified atom stereocenters. The molecule has 4 heteroatoms. The van der Waals surface area contributed by atoms with Crippen LogP contribution in [0, 0.1) is 0 Å². The smallest absolute Gasteiger partial charge is 0.313 e. The lowest BCUT2D eigenvalue weighted by molar-refractivity contribution is -0.133. The summed E-state index contributed by atoms with van der Waals surface area (Å²) in [5, 5.41) is 8.49. The first kappa shape index (κ1) is 20.2. The zero-order valence-corrected chi connectivity index (χ0v) is 14.7. The summed E-state index contributed by atoms with van der Waals surface area (Å²) in [6.45, 7) is 2.27. The second kappa shape index (κ2) is 17.2. The van der Waals surface area contributed by atoms with Crippen LogP contribution in [0.25, 0.3) is 0 Å². The number of carbonyl (C=O) groups is 1. The van der Waals surface area contributed by atoms with Gasteiger partial charge in [-0.05, 0) is 36.5 Å². The first-order chi connectivity index (χ1) is 9.77. The van der Waals surface area contributed by atoms with Gasteiger partial charge in [0.1, 0.15) is 0 Å². The lowest BCUT2D eigenvalue weighted by Crippen LogP contribution is -1.98. The van der Waals surface area contributed by atoms with Gasteiger partial charge >= 0.3 is 5.97 Å². The van der Waals surface area contributed by atoms with Crippen molar-refractivity contribution in [1.82, 2.24) is 0 Å². The standard InChI is InChI=1S/C16H32O2S2/c1-2-3-4-5-6-7-9-12-19-13-10-8-11-14-20-15-16(17)18/h2-15H2,1H3,(H,17,18). The fraction of sp³-hybridized carbons (Fsp3) is 0.938. The number of hydrogen-bond acceptors (Lipinski definition) is 3. The highest BCUT2D eigenvalue weighted by Gasteiger charge is 1.97. The van der Waals surface area contributed by atoms with Crippen LogP contribution < -0.4 is 0 Å². The topological polar surface area (TPSA) is 37.3 Å². The maximum absolute atomic E-state index is 10.3. The van der Waals surface area contributed by atoms with E-state index in [1.165, 1.54) is 81.1 Å². The van der Waals surface area contributed by atoms with Crippen LogP contribution in [0.5, 0.6) is 0 Å². The van der Waals surface area contributed by atoms with E-state index in [4.69, 9.17) is 5.11 Å². The third kappa shape index (κ3) is 18.2. The molecule has 0 radical (unpaired) electrons. The second-order valence-electron chi connectivity index (χ2n) is 5.24. The summed E-state index contributed by atoms with van der Waals surface area (Å²) in [7, 11) is 0. The van der Waals surface area contributed by atoms with Gasteiger partial charge in [0.2, 0.25) is 0 Å². The Morgan fingerprint density at radius 3 is 1.75 bits per heavy atom. The van der Waals surface area contributed by atoms with Crippen LogP contribution >= 0.6 is 23.5 Å². The van der Waals surface area contributed by atoms with E-state index in [-0.39, 0.29) is 5.75 Å². The number of unbranched alkanes of at least 4 members (excludes halogenated alkanes) is 8. The summed E-state index contributed by atoms with van der Waals surface area (Å²) in [5.74, 6) is 3.16. The number of rotatable bonds is 16. The van der Waals surface area contributed by atoms with Gasteiger partial charge in [-0.2, -0.15) is 23.5 Å². The molecular formula is C16H32O2S2. The minimum Gasteiger partial charge on any atom is -0.481 e. The minimum absolute atomic E-state index is 0.257. The van der Waals surface area contributed by atoms with Crippen molar-refractivity contribution in [3.05, 3.63) is 0 Å². The van der Waals surface area contributed by atoms with Crippen LogP contribution in [0.3, 0.4) is 0 Å². The maximum atomic E-state index is 10.3. The predicted octanol–water partition coefficient (Wildman–Crippen LogP) is 5.46. The van der Waals surface area contributed by atoms with Gasteiger partial charge in [-0.25, -0.2) is 0 Å². The lowest BCUT2D eigenvalue weighted by atomic mass is 10.1. The molecule has 0 aromatic carbocycles. The van der Waals surface area contributed by atoms with Gasteiger partial charge in [0.05, 0.1) is 5.75 Å². The fourth-order valence-electron chi connectivity index (χ4n) is 2.01. The second-order valence-corrected chi connectivity index (χ2v) is 7.57. The number of thioether (sulfide) groups is 2. The SMILES string of the molecule is CCCCCCCCCSCCCCCSCC(=O)O. The summed E-state index contributed by atoms with van der Waals surface area (Å²) in [6, 6.07) is 0. The molecule has 0 amide bonds.